The highest BCUT2D eigenvalue weighted by atomic mass is 35.5. The summed E-state index contributed by atoms with van der Waals surface area (Å²) in [6, 6.07) is 6.15. The molecule has 1 fully saturated rings. The Morgan fingerprint density at radius 3 is 2.63 bits per heavy atom. The van der Waals surface area contributed by atoms with Crippen LogP contribution in [0.3, 0.4) is 0 Å². The van der Waals surface area contributed by atoms with Crippen molar-refractivity contribution in [1.82, 2.24) is 9.62 Å². The van der Waals surface area contributed by atoms with Gasteiger partial charge in [-0.2, -0.15) is 4.31 Å². The second kappa shape index (κ2) is 10.4. The van der Waals surface area contributed by atoms with E-state index in [0.717, 1.165) is 25.7 Å². The number of rotatable bonds is 7. The van der Waals surface area contributed by atoms with Crippen molar-refractivity contribution < 1.29 is 13.2 Å². The number of nitrogens with one attached hydrogen (secondary N) is 1. The number of hydrogen-bond donors (Lipinski definition) is 2. The molecule has 8 heteroatoms. The van der Waals surface area contributed by atoms with Crippen molar-refractivity contribution in [2.75, 3.05) is 13.1 Å². The summed E-state index contributed by atoms with van der Waals surface area (Å²) in [5, 5.41) is 2.91. The summed E-state index contributed by atoms with van der Waals surface area (Å²) in [5.41, 5.74) is 6.09. The first-order valence-electron chi connectivity index (χ1n) is 9.38. The molecule has 1 aliphatic heterocycles. The van der Waals surface area contributed by atoms with Gasteiger partial charge in [-0.25, -0.2) is 8.42 Å². The van der Waals surface area contributed by atoms with Gasteiger partial charge in [-0.15, -0.1) is 12.4 Å². The van der Waals surface area contributed by atoms with Gasteiger partial charge in [-0.05, 0) is 50.3 Å². The van der Waals surface area contributed by atoms with Crippen LogP contribution in [-0.2, 0) is 10.0 Å². The summed E-state index contributed by atoms with van der Waals surface area (Å²) < 4.78 is 27.5. The van der Waals surface area contributed by atoms with E-state index in [-0.39, 0.29) is 35.3 Å². The molecule has 1 aromatic carbocycles. The summed E-state index contributed by atoms with van der Waals surface area (Å²) >= 11 is 0. The van der Waals surface area contributed by atoms with Crippen LogP contribution in [0.5, 0.6) is 0 Å². The lowest BCUT2D eigenvalue weighted by molar-refractivity contribution is 0.0933. The molecular formula is C19H32ClN3O3S. The predicted octanol–water partition coefficient (Wildman–Crippen LogP) is 2.77. The molecule has 0 bridgehead atoms. The summed E-state index contributed by atoms with van der Waals surface area (Å²) in [5.74, 6) is 0.126. The van der Waals surface area contributed by atoms with Crippen LogP contribution in [0.2, 0.25) is 0 Å². The molecule has 27 heavy (non-hydrogen) atoms. The van der Waals surface area contributed by atoms with Crippen LogP contribution in [0.15, 0.2) is 29.2 Å². The molecule has 0 aliphatic carbocycles. The zero-order valence-electron chi connectivity index (χ0n) is 16.3. The molecule has 3 N–H and O–H groups in total. The maximum atomic E-state index is 13.0. The van der Waals surface area contributed by atoms with Crippen molar-refractivity contribution in [3.63, 3.8) is 0 Å². The molecule has 154 valence electrons. The summed E-state index contributed by atoms with van der Waals surface area (Å²) in [4.78, 5) is 12.7. The maximum absolute atomic E-state index is 13.0. The minimum Gasteiger partial charge on any atom is -0.348 e. The Labute approximate surface area is 169 Å². The molecule has 0 spiro atoms. The average molecular weight is 418 g/mol. The fourth-order valence-corrected chi connectivity index (χ4v) is 5.16. The van der Waals surface area contributed by atoms with E-state index < -0.39 is 10.0 Å². The smallest absolute Gasteiger partial charge is 0.251 e. The van der Waals surface area contributed by atoms with Crippen molar-refractivity contribution in [2.45, 2.75) is 63.4 Å². The molecule has 1 aliphatic rings. The zero-order valence-corrected chi connectivity index (χ0v) is 18.0. The SMILES string of the molecule is CC(C)CC(CN)NC(=O)c1cccc(S(=O)(=O)N2CCCCC2C)c1.Cl. The number of benzene rings is 1. The van der Waals surface area contributed by atoms with E-state index in [1.807, 2.05) is 6.92 Å². The van der Waals surface area contributed by atoms with E-state index >= 15 is 0 Å². The number of sulfonamides is 1. The highest BCUT2D eigenvalue weighted by Gasteiger charge is 2.31. The molecule has 2 unspecified atom stereocenters. The molecule has 2 atom stereocenters. The molecule has 1 aromatic rings. The van der Waals surface area contributed by atoms with Gasteiger partial charge in [-0.1, -0.05) is 26.3 Å². The molecule has 1 amide bonds. The number of carbonyl (C=O) groups is 1. The van der Waals surface area contributed by atoms with E-state index in [0.29, 0.717) is 24.6 Å². The normalized spacial score (nSPS) is 19.4. The third-order valence-corrected chi connectivity index (χ3v) is 6.83. The lowest BCUT2D eigenvalue weighted by Crippen LogP contribution is -2.42. The van der Waals surface area contributed by atoms with Gasteiger partial charge in [0.25, 0.3) is 5.91 Å². The van der Waals surface area contributed by atoms with Crippen LogP contribution in [0.25, 0.3) is 0 Å². The molecule has 0 saturated carbocycles. The molecule has 0 radical (unpaired) electrons. The second-order valence-corrected chi connectivity index (χ2v) is 9.41. The fourth-order valence-electron chi connectivity index (χ4n) is 3.41. The highest BCUT2D eigenvalue weighted by molar-refractivity contribution is 7.89. The van der Waals surface area contributed by atoms with Crippen molar-refractivity contribution in [2.24, 2.45) is 11.7 Å². The largest absolute Gasteiger partial charge is 0.348 e. The maximum Gasteiger partial charge on any atom is 0.251 e. The number of nitrogens with zero attached hydrogens (tertiary/aromatic N) is 1. The Kier molecular flexibility index (Phi) is 9.21. The quantitative estimate of drug-likeness (QED) is 0.713. The average Bonchev–Trinajstić information content (AvgIpc) is 2.61. The third kappa shape index (κ3) is 6.17. The third-order valence-electron chi connectivity index (χ3n) is 4.82. The minimum atomic E-state index is -3.59. The summed E-state index contributed by atoms with van der Waals surface area (Å²) in [6.45, 7) is 6.96. The van der Waals surface area contributed by atoms with E-state index in [2.05, 4.69) is 19.2 Å². The number of hydrogen-bond acceptors (Lipinski definition) is 4. The number of carbonyl (C=O) groups excluding carboxylic acids is 1. The van der Waals surface area contributed by atoms with Gasteiger partial charge in [0.15, 0.2) is 0 Å². The number of nitrogens with two attached hydrogens (primary N) is 1. The monoisotopic (exact) mass is 417 g/mol. The Balaban J connectivity index is 0.00000364. The molecule has 2 rings (SSSR count). The highest BCUT2D eigenvalue weighted by Crippen LogP contribution is 2.25. The van der Waals surface area contributed by atoms with E-state index in [1.54, 1.807) is 22.5 Å². The molecule has 0 aromatic heterocycles. The predicted molar refractivity (Wildman–Crippen MR) is 111 cm³/mol. The van der Waals surface area contributed by atoms with Gasteiger partial charge >= 0.3 is 0 Å². The second-order valence-electron chi connectivity index (χ2n) is 7.52. The molecule has 1 heterocycles. The lowest BCUT2D eigenvalue weighted by atomic mass is 10.0. The van der Waals surface area contributed by atoms with Gasteiger partial charge in [0.2, 0.25) is 10.0 Å². The number of halogens is 1. The van der Waals surface area contributed by atoms with E-state index in [1.165, 1.54) is 6.07 Å². The van der Waals surface area contributed by atoms with E-state index in [4.69, 9.17) is 5.73 Å². The molecular weight excluding hydrogens is 386 g/mol. The number of piperidine rings is 1. The van der Waals surface area contributed by atoms with E-state index in [9.17, 15) is 13.2 Å². The zero-order chi connectivity index (χ0) is 19.3. The van der Waals surface area contributed by atoms with Gasteiger partial charge in [0.1, 0.15) is 0 Å². The summed E-state index contributed by atoms with van der Waals surface area (Å²) in [7, 11) is -3.59. The van der Waals surface area contributed by atoms with Crippen molar-refractivity contribution >= 4 is 28.3 Å². The topological polar surface area (TPSA) is 92.5 Å². The number of amides is 1. The van der Waals surface area contributed by atoms with Gasteiger partial charge < -0.3 is 11.1 Å². The minimum absolute atomic E-state index is 0. The van der Waals surface area contributed by atoms with Crippen molar-refractivity contribution in [1.29, 1.82) is 0 Å². The first-order valence-corrected chi connectivity index (χ1v) is 10.8. The summed E-state index contributed by atoms with van der Waals surface area (Å²) in [6.07, 6.45) is 3.57. The Hall–Kier alpha value is -1.15. The Morgan fingerprint density at radius 2 is 2.04 bits per heavy atom. The first kappa shape index (κ1) is 23.9. The standard InChI is InChI=1S/C19H31N3O3S.ClH/c1-14(2)11-17(13-20)21-19(23)16-8-6-9-18(12-16)26(24,25)22-10-5-4-7-15(22)3;/h6,8-9,12,14-15,17H,4-5,7,10-11,13,20H2,1-3H3,(H,21,23);1H. The van der Waals surface area contributed by atoms with Crippen LogP contribution in [-0.4, -0.2) is 43.8 Å². The van der Waals surface area contributed by atoms with Crippen LogP contribution in [0.4, 0.5) is 0 Å². The van der Waals surface area contributed by atoms with Gasteiger partial charge in [-0.3, -0.25) is 4.79 Å². The van der Waals surface area contributed by atoms with Crippen molar-refractivity contribution in [3.8, 4) is 0 Å². The first-order chi connectivity index (χ1) is 12.3. The van der Waals surface area contributed by atoms with Crippen LogP contribution >= 0.6 is 12.4 Å². The Morgan fingerprint density at radius 1 is 1.33 bits per heavy atom. The van der Waals surface area contributed by atoms with Crippen molar-refractivity contribution in [3.05, 3.63) is 29.8 Å². The van der Waals surface area contributed by atoms with Crippen LogP contribution < -0.4 is 11.1 Å². The lowest BCUT2D eigenvalue weighted by Gasteiger charge is -2.32. The van der Waals surface area contributed by atoms with Crippen LogP contribution in [0, 0.1) is 5.92 Å². The Bertz CT molecular complexity index is 725. The molecule has 6 nitrogen and oxygen atoms in total. The van der Waals surface area contributed by atoms with Gasteiger partial charge in [0.05, 0.1) is 4.90 Å². The van der Waals surface area contributed by atoms with Crippen LogP contribution in [0.1, 0.15) is 56.8 Å². The fraction of sp³-hybridized carbons (Fsp3) is 0.632. The van der Waals surface area contributed by atoms with Gasteiger partial charge in [0, 0.05) is 30.7 Å². The molecule has 1 saturated heterocycles.